The summed E-state index contributed by atoms with van der Waals surface area (Å²) in [6.07, 6.45) is 5.14. The van der Waals surface area contributed by atoms with Crippen molar-refractivity contribution >= 4 is 12.6 Å². The van der Waals surface area contributed by atoms with Gasteiger partial charge in [0.2, 0.25) is 0 Å². The maximum Gasteiger partial charge on any atom is 0.0378 e. The average molecular weight is 178 g/mol. The van der Waals surface area contributed by atoms with Crippen molar-refractivity contribution in [2.75, 3.05) is 0 Å². The summed E-state index contributed by atoms with van der Waals surface area (Å²) in [4.78, 5) is 0. The van der Waals surface area contributed by atoms with Gasteiger partial charge in [-0.15, -0.1) is 0 Å². The fraction of sp³-hybridized carbons (Fsp3) is 0.455. The van der Waals surface area contributed by atoms with Gasteiger partial charge in [-0.1, -0.05) is 43.2 Å². The van der Waals surface area contributed by atoms with E-state index >= 15 is 0 Å². The first-order valence-corrected chi connectivity index (χ1v) is 5.04. The van der Waals surface area contributed by atoms with Crippen molar-refractivity contribution in [2.24, 2.45) is 0 Å². The van der Waals surface area contributed by atoms with Gasteiger partial charge in [-0.25, -0.2) is 0 Å². The lowest BCUT2D eigenvalue weighted by atomic mass is 9.97. The van der Waals surface area contributed by atoms with Crippen LogP contribution in [-0.4, -0.2) is 0 Å². The van der Waals surface area contributed by atoms with Crippen molar-refractivity contribution < 1.29 is 0 Å². The number of rotatable bonds is 1. The molecule has 1 aromatic carbocycles. The summed E-state index contributed by atoms with van der Waals surface area (Å²) >= 11 is 4.77. The van der Waals surface area contributed by atoms with Crippen LogP contribution >= 0.6 is 12.6 Å². The second-order valence-corrected chi connectivity index (χ2v) is 4.46. The van der Waals surface area contributed by atoms with Crippen molar-refractivity contribution in [1.82, 2.24) is 0 Å². The second-order valence-electron chi connectivity index (χ2n) is 3.60. The molecule has 64 valence electrons. The van der Waals surface area contributed by atoms with Gasteiger partial charge in [0, 0.05) is 4.75 Å². The van der Waals surface area contributed by atoms with Gasteiger partial charge in [0.25, 0.3) is 0 Å². The van der Waals surface area contributed by atoms with E-state index in [0.717, 1.165) is 0 Å². The minimum Gasteiger partial charge on any atom is -0.168 e. The van der Waals surface area contributed by atoms with E-state index in [1.165, 1.54) is 31.2 Å². The van der Waals surface area contributed by atoms with Crippen LogP contribution in [0.1, 0.15) is 31.2 Å². The molecule has 0 amide bonds. The molecule has 0 heterocycles. The van der Waals surface area contributed by atoms with Crippen LogP contribution in [0.5, 0.6) is 0 Å². The summed E-state index contributed by atoms with van der Waals surface area (Å²) in [5.74, 6) is 0. The van der Waals surface area contributed by atoms with E-state index in [4.69, 9.17) is 12.6 Å². The predicted octanol–water partition coefficient (Wildman–Crippen LogP) is 3.39. The molecule has 1 aliphatic rings. The molecule has 1 saturated carbocycles. The van der Waals surface area contributed by atoms with E-state index in [1.54, 1.807) is 0 Å². The van der Waals surface area contributed by atoms with Crippen LogP contribution in [-0.2, 0) is 4.75 Å². The third kappa shape index (κ3) is 1.38. The van der Waals surface area contributed by atoms with Gasteiger partial charge in [-0.3, -0.25) is 0 Å². The van der Waals surface area contributed by atoms with E-state index in [9.17, 15) is 0 Å². The van der Waals surface area contributed by atoms with E-state index in [0.29, 0.717) is 0 Å². The summed E-state index contributed by atoms with van der Waals surface area (Å²) in [6, 6.07) is 10.7. The lowest BCUT2D eigenvalue weighted by molar-refractivity contribution is 0.658. The number of thiol groups is 1. The molecule has 1 fully saturated rings. The molecule has 0 bridgehead atoms. The SMILES string of the molecule is SC1(c2ccccc2)CCCC1. The zero-order valence-corrected chi connectivity index (χ0v) is 8.06. The number of benzene rings is 1. The quantitative estimate of drug-likeness (QED) is 0.626. The summed E-state index contributed by atoms with van der Waals surface area (Å²) in [5.41, 5.74) is 1.39. The normalized spacial score (nSPS) is 21.1. The molecular weight excluding hydrogens is 164 g/mol. The van der Waals surface area contributed by atoms with Gasteiger partial charge in [-0.2, -0.15) is 12.6 Å². The molecule has 0 aliphatic heterocycles. The minimum absolute atomic E-state index is 0.182. The van der Waals surface area contributed by atoms with Crippen LogP contribution in [0, 0.1) is 0 Å². The molecular formula is C11H14S. The van der Waals surface area contributed by atoms with Gasteiger partial charge in [0.15, 0.2) is 0 Å². The first-order chi connectivity index (χ1) is 5.81. The highest BCUT2D eigenvalue weighted by Crippen LogP contribution is 2.43. The average Bonchev–Trinajstić information content (AvgIpc) is 2.55. The molecule has 0 spiro atoms. The standard InChI is InChI=1S/C11H14S/c12-11(8-4-5-9-11)10-6-2-1-3-7-10/h1-3,6-7,12H,4-5,8-9H2. The van der Waals surface area contributed by atoms with E-state index in [-0.39, 0.29) is 4.75 Å². The molecule has 0 nitrogen and oxygen atoms in total. The summed E-state index contributed by atoms with van der Waals surface area (Å²) < 4.78 is 0.182. The van der Waals surface area contributed by atoms with Gasteiger partial charge in [0.1, 0.15) is 0 Å². The molecule has 0 aromatic heterocycles. The molecule has 1 heteroatoms. The Morgan fingerprint density at radius 1 is 1.00 bits per heavy atom. The Morgan fingerprint density at radius 2 is 1.58 bits per heavy atom. The Labute approximate surface area is 79.4 Å². The number of hydrogen-bond donors (Lipinski definition) is 1. The lowest BCUT2D eigenvalue weighted by Gasteiger charge is -2.22. The number of hydrogen-bond acceptors (Lipinski definition) is 1. The van der Waals surface area contributed by atoms with Crippen molar-refractivity contribution in [3.05, 3.63) is 35.9 Å². The van der Waals surface area contributed by atoms with Crippen molar-refractivity contribution in [1.29, 1.82) is 0 Å². The highest BCUT2D eigenvalue weighted by Gasteiger charge is 2.30. The van der Waals surface area contributed by atoms with Crippen LogP contribution in [0.3, 0.4) is 0 Å². The summed E-state index contributed by atoms with van der Waals surface area (Å²) in [7, 11) is 0. The van der Waals surface area contributed by atoms with Gasteiger partial charge in [-0.05, 0) is 18.4 Å². The van der Waals surface area contributed by atoms with Crippen LogP contribution in [0.15, 0.2) is 30.3 Å². The lowest BCUT2D eigenvalue weighted by Crippen LogP contribution is -2.12. The zero-order valence-electron chi connectivity index (χ0n) is 7.16. The molecule has 0 N–H and O–H groups in total. The largest absolute Gasteiger partial charge is 0.168 e. The van der Waals surface area contributed by atoms with E-state index in [2.05, 4.69) is 30.3 Å². The van der Waals surface area contributed by atoms with Crippen LogP contribution in [0.4, 0.5) is 0 Å². The van der Waals surface area contributed by atoms with Crippen LogP contribution in [0.2, 0.25) is 0 Å². The molecule has 1 aliphatic carbocycles. The predicted molar refractivity (Wildman–Crippen MR) is 55.6 cm³/mol. The maximum absolute atomic E-state index is 4.77. The Balaban J connectivity index is 2.29. The topological polar surface area (TPSA) is 0 Å². The first-order valence-electron chi connectivity index (χ1n) is 4.59. The highest BCUT2D eigenvalue weighted by molar-refractivity contribution is 7.81. The van der Waals surface area contributed by atoms with Crippen LogP contribution < -0.4 is 0 Å². The highest BCUT2D eigenvalue weighted by atomic mass is 32.1. The van der Waals surface area contributed by atoms with E-state index < -0.39 is 0 Å². The minimum atomic E-state index is 0.182. The fourth-order valence-corrected chi connectivity index (χ4v) is 2.46. The van der Waals surface area contributed by atoms with Crippen LogP contribution in [0.25, 0.3) is 0 Å². The summed E-state index contributed by atoms with van der Waals surface area (Å²) in [5, 5.41) is 0. The molecule has 0 radical (unpaired) electrons. The van der Waals surface area contributed by atoms with Crippen molar-refractivity contribution in [3.63, 3.8) is 0 Å². The van der Waals surface area contributed by atoms with Crippen molar-refractivity contribution in [2.45, 2.75) is 30.4 Å². The molecule has 0 unspecified atom stereocenters. The molecule has 2 rings (SSSR count). The molecule has 0 saturated heterocycles. The van der Waals surface area contributed by atoms with Gasteiger partial charge in [0.05, 0.1) is 0 Å². The third-order valence-electron chi connectivity index (χ3n) is 2.74. The van der Waals surface area contributed by atoms with Crippen molar-refractivity contribution in [3.8, 4) is 0 Å². The van der Waals surface area contributed by atoms with Gasteiger partial charge >= 0.3 is 0 Å². The third-order valence-corrected chi connectivity index (χ3v) is 3.45. The van der Waals surface area contributed by atoms with Gasteiger partial charge < -0.3 is 0 Å². The monoisotopic (exact) mass is 178 g/mol. The summed E-state index contributed by atoms with van der Waals surface area (Å²) in [6.45, 7) is 0. The molecule has 1 aromatic rings. The Hall–Kier alpha value is -0.430. The second kappa shape index (κ2) is 3.14. The molecule has 12 heavy (non-hydrogen) atoms. The maximum atomic E-state index is 4.77. The smallest absolute Gasteiger partial charge is 0.0378 e. The Bertz CT molecular complexity index is 247. The first kappa shape index (κ1) is 8.18. The fourth-order valence-electron chi connectivity index (χ4n) is 2.00. The zero-order chi connectivity index (χ0) is 8.44. The van der Waals surface area contributed by atoms with E-state index in [1.807, 2.05) is 0 Å². The Morgan fingerprint density at radius 3 is 2.17 bits per heavy atom. The Kier molecular flexibility index (Phi) is 2.14. The molecule has 0 atom stereocenters.